The Hall–Kier alpha value is -4.16. The summed E-state index contributed by atoms with van der Waals surface area (Å²) in [6.45, 7) is 0.166. The van der Waals surface area contributed by atoms with E-state index in [4.69, 9.17) is 10.5 Å². The van der Waals surface area contributed by atoms with Crippen LogP contribution in [0, 0.1) is 23.7 Å². The number of carbonyl (C=O) groups excluding carboxylic acids is 6. The first-order valence-corrected chi connectivity index (χ1v) is 13.1. The van der Waals surface area contributed by atoms with E-state index in [1.54, 1.807) is 31.3 Å². The van der Waals surface area contributed by atoms with E-state index in [0.29, 0.717) is 21.9 Å². The predicted octanol–water partition coefficient (Wildman–Crippen LogP) is 0.218. The van der Waals surface area contributed by atoms with E-state index in [2.05, 4.69) is 0 Å². The summed E-state index contributed by atoms with van der Waals surface area (Å²) in [6, 6.07) is 5.76. The smallest absolute Gasteiger partial charge is 0.409 e. The van der Waals surface area contributed by atoms with Gasteiger partial charge < -0.3 is 25.6 Å². The molecule has 0 heterocycles. The summed E-state index contributed by atoms with van der Waals surface area (Å²) in [6.07, 6.45) is -0.383. The van der Waals surface area contributed by atoms with E-state index < -0.39 is 70.4 Å². The van der Waals surface area contributed by atoms with E-state index in [9.17, 15) is 39.0 Å². The molecule has 41 heavy (non-hydrogen) atoms. The van der Waals surface area contributed by atoms with E-state index in [0.717, 1.165) is 0 Å². The quantitative estimate of drug-likeness (QED) is 0.433. The summed E-state index contributed by atoms with van der Waals surface area (Å²) in [7, 11) is 5.88. The first kappa shape index (κ1) is 28.4. The van der Waals surface area contributed by atoms with Crippen LogP contribution in [0.2, 0.25) is 0 Å². The van der Waals surface area contributed by atoms with Gasteiger partial charge in [-0.25, -0.2) is 4.79 Å². The summed E-state index contributed by atoms with van der Waals surface area (Å²) in [4.78, 5) is 81.1. The number of likely N-dealkylation sites (N-methyl/N-ethyl adjacent to an activating group) is 1. The van der Waals surface area contributed by atoms with Crippen molar-refractivity contribution in [3.8, 4) is 5.75 Å². The maximum atomic E-state index is 13.9. The molecule has 6 unspecified atom stereocenters. The number of benzene rings is 2. The van der Waals surface area contributed by atoms with Crippen molar-refractivity contribution in [3.05, 3.63) is 41.0 Å². The Morgan fingerprint density at radius 3 is 2.39 bits per heavy atom. The van der Waals surface area contributed by atoms with Gasteiger partial charge in [-0.1, -0.05) is 18.2 Å². The van der Waals surface area contributed by atoms with Crippen LogP contribution in [0.25, 0.3) is 10.8 Å². The molecule has 12 nitrogen and oxygen atoms in total. The van der Waals surface area contributed by atoms with Gasteiger partial charge in [0.15, 0.2) is 34.7 Å². The average Bonchev–Trinajstić information content (AvgIpc) is 2.90. The third-order valence-corrected chi connectivity index (χ3v) is 8.84. The molecule has 0 saturated heterocycles. The second-order valence-corrected chi connectivity index (χ2v) is 11.4. The fraction of sp³-hybridized carbons (Fsp3) is 0.448. The number of primary amides is 1. The minimum absolute atomic E-state index is 0.0124. The van der Waals surface area contributed by atoms with Crippen LogP contribution in [0.1, 0.15) is 27.9 Å². The Kier molecular flexibility index (Phi) is 6.74. The van der Waals surface area contributed by atoms with E-state index in [1.165, 1.54) is 31.0 Å². The second-order valence-electron chi connectivity index (χ2n) is 11.4. The average molecular weight is 566 g/mol. The van der Waals surface area contributed by atoms with Crippen LogP contribution in [0.5, 0.6) is 5.75 Å². The number of phenols is 1. The van der Waals surface area contributed by atoms with Crippen LogP contribution in [-0.2, 0) is 36.9 Å². The Labute approximate surface area is 235 Å². The molecular formula is C29H31N3O9. The van der Waals surface area contributed by atoms with E-state index in [-0.39, 0.29) is 30.7 Å². The normalized spacial score (nSPS) is 29.2. The van der Waals surface area contributed by atoms with Crippen molar-refractivity contribution in [1.82, 2.24) is 9.80 Å². The third-order valence-electron chi connectivity index (χ3n) is 8.84. The van der Waals surface area contributed by atoms with Crippen LogP contribution in [0.3, 0.4) is 0 Å². The van der Waals surface area contributed by atoms with Gasteiger partial charge >= 0.3 is 6.09 Å². The molecule has 0 radical (unpaired) electrons. The molecule has 4 N–H and O–H groups in total. The molecule has 2 fully saturated rings. The van der Waals surface area contributed by atoms with Gasteiger partial charge in [-0.2, -0.15) is 0 Å². The van der Waals surface area contributed by atoms with Gasteiger partial charge in [0.25, 0.3) is 0 Å². The Balaban J connectivity index is 1.59. The van der Waals surface area contributed by atoms with Crippen molar-refractivity contribution >= 4 is 45.9 Å². The number of nitrogens with two attached hydrogens (primary N) is 1. The van der Waals surface area contributed by atoms with Crippen molar-refractivity contribution < 1.29 is 43.7 Å². The van der Waals surface area contributed by atoms with Crippen molar-refractivity contribution in [1.29, 1.82) is 0 Å². The van der Waals surface area contributed by atoms with Gasteiger partial charge in [-0.05, 0) is 55.4 Å². The molecule has 5 rings (SSSR count). The van der Waals surface area contributed by atoms with Gasteiger partial charge in [0, 0.05) is 24.9 Å². The monoisotopic (exact) mass is 565 g/mol. The lowest BCUT2D eigenvalue weighted by atomic mass is 9.52. The minimum Gasteiger partial charge on any atom is -0.507 e. The molecule has 0 aromatic heterocycles. The summed E-state index contributed by atoms with van der Waals surface area (Å²) >= 11 is 0. The fourth-order valence-corrected chi connectivity index (χ4v) is 7.01. The molecule has 2 saturated carbocycles. The van der Waals surface area contributed by atoms with Crippen molar-refractivity contribution in [2.24, 2.45) is 29.4 Å². The number of ketones is 4. The van der Waals surface area contributed by atoms with Crippen LogP contribution in [0.4, 0.5) is 4.79 Å². The molecule has 0 aliphatic heterocycles. The molecular weight excluding hydrogens is 534 g/mol. The maximum absolute atomic E-state index is 13.9. The molecule has 3 aliphatic carbocycles. The first-order valence-electron chi connectivity index (χ1n) is 13.1. The molecule has 6 atom stereocenters. The zero-order chi connectivity index (χ0) is 30.1. The number of carbonyl (C=O) groups is 6. The minimum atomic E-state index is -2.77. The highest BCUT2D eigenvalue weighted by molar-refractivity contribution is 6.32. The molecule has 12 heteroatoms. The highest BCUT2D eigenvalue weighted by atomic mass is 16.5. The van der Waals surface area contributed by atoms with Gasteiger partial charge in [-0.15, -0.1) is 0 Å². The van der Waals surface area contributed by atoms with Crippen molar-refractivity contribution in [2.75, 3.05) is 28.3 Å². The number of aromatic hydroxyl groups is 1. The third kappa shape index (κ3) is 4.04. The van der Waals surface area contributed by atoms with Gasteiger partial charge in [0.05, 0.1) is 24.6 Å². The largest absolute Gasteiger partial charge is 0.507 e. The zero-order valence-electron chi connectivity index (χ0n) is 23.0. The molecule has 0 spiro atoms. The second kappa shape index (κ2) is 9.74. The number of Topliss-reactive ketones (excluding diaryl/α,β-unsaturated/α-hetero) is 4. The summed E-state index contributed by atoms with van der Waals surface area (Å²) in [5.41, 5.74) is 3.65. The molecule has 216 valence electrons. The highest BCUT2D eigenvalue weighted by Gasteiger charge is 2.69. The summed E-state index contributed by atoms with van der Waals surface area (Å²) < 4.78 is 4.71. The van der Waals surface area contributed by atoms with Gasteiger partial charge in [0.1, 0.15) is 5.75 Å². The number of rotatable bonds is 4. The zero-order valence-corrected chi connectivity index (χ0v) is 23.0. The van der Waals surface area contributed by atoms with Gasteiger partial charge in [-0.3, -0.25) is 28.9 Å². The van der Waals surface area contributed by atoms with Crippen LogP contribution >= 0.6 is 0 Å². The lowest BCUT2D eigenvalue weighted by molar-refractivity contribution is -0.181. The van der Waals surface area contributed by atoms with Crippen molar-refractivity contribution in [3.63, 3.8) is 0 Å². The highest BCUT2D eigenvalue weighted by Crippen LogP contribution is 2.51. The Morgan fingerprint density at radius 2 is 1.78 bits per heavy atom. The van der Waals surface area contributed by atoms with E-state index >= 15 is 0 Å². The summed E-state index contributed by atoms with van der Waals surface area (Å²) in [5, 5.41) is 23.9. The number of amides is 2. The standard InChI is InChI=1S/C29H31N3O9/c1-31(2)21-17-10-15-9-14-8-13-6-5-12(11-32(3)28(39)41-4)7-16(13)22(33)18(14)23(34)19(15)25(36)29(17,40)26(37)20(24(21)35)27(30)38/h5-8,15,17,19-21,33,40H,9-11H2,1-4H3,(H2,30,38). The maximum Gasteiger partial charge on any atom is 0.409 e. The number of aliphatic hydroxyl groups is 1. The SMILES string of the molecule is COC(=O)N(C)Cc1ccc2cc3c(c(O)c2c1)C(=O)C1C(=O)C2(O)C(=O)C(C(N)=O)C(=O)C(N(C)C)C2CC1C3. The summed E-state index contributed by atoms with van der Waals surface area (Å²) in [5.74, 6) is -10.9. The number of fused-ring (bicyclic) bond motifs is 4. The number of hydrogen-bond acceptors (Lipinski definition) is 10. The lowest BCUT2D eigenvalue weighted by Gasteiger charge is -2.52. The van der Waals surface area contributed by atoms with Crippen LogP contribution in [-0.4, -0.2) is 95.0 Å². The number of nitrogens with zero attached hydrogens (tertiary/aromatic N) is 2. The number of methoxy groups -OCH3 is 1. The predicted molar refractivity (Wildman–Crippen MR) is 143 cm³/mol. The molecule has 2 aromatic rings. The Bertz CT molecular complexity index is 1550. The number of phenolic OH excluding ortho intramolecular Hbond substituents is 1. The molecule has 2 aromatic carbocycles. The number of hydrogen-bond donors (Lipinski definition) is 3. The molecule has 3 aliphatic rings. The van der Waals surface area contributed by atoms with Crippen LogP contribution < -0.4 is 5.73 Å². The topological polar surface area (TPSA) is 185 Å². The first-order chi connectivity index (χ1) is 19.2. The van der Waals surface area contributed by atoms with Crippen LogP contribution in [0.15, 0.2) is 24.3 Å². The molecule has 0 bridgehead atoms. The van der Waals surface area contributed by atoms with E-state index in [1.807, 2.05) is 0 Å². The lowest BCUT2D eigenvalue weighted by Crippen LogP contribution is -2.74. The molecule has 2 amide bonds. The fourth-order valence-electron chi connectivity index (χ4n) is 7.01. The number of ether oxygens (including phenoxy) is 1. The van der Waals surface area contributed by atoms with Gasteiger partial charge in [0.2, 0.25) is 5.91 Å². The Morgan fingerprint density at radius 1 is 1.10 bits per heavy atom. The van der Waals surface area contributed by atoms with Crippen molar-refractivity contribution in [2.45, 2.75) is 31.0 Å².